The van der Waals surface area contributed by atoms with Crippen molar-refractivity contribution in [3.8, 4) is 22.5 Å². The minimum absolute atomic E-state index is 0.917. The molecule has 10 rings (SSSR count). The Labute approximate surface area is 295 Å². The molecule has 242 valence electrons. The molecule has 7 aromatic carbocycles. The van der Waals surface area contributed by atoms with Gasteiger partial charge in [-0.2, -0.15) is 0 Å². The minimum atomic E-state index is 0.917. The molecule has 51 heavy (non-hydrogen) atoms. The fourth-order valence-corrected chi connectivity index (χ4v) is 8.06. The van der Waals surface area contributed by atoms with E-state index in [9.17, 15) is 0 Å². The predicted octanol–water partition coefficient (Wildman–Crippen LogP) is 11.3. The Bertz CT molecular complexity index is 3080. The molecular weight excluding hydrogens is 621 g/mol. The largest absolute Gasteiger partial charge is 0.456 e. The first-order chi connectivity index (χ1) is 25.2. The van der Waals surface area contributed by atoms with Gasteiger partial charge in [0.2, 0.25) is 0 Å². The van der Waals surface area contributed by atoms with Crippen molar-refractivity contribution in [3.63, 3.8) is 0 Å². The summed E-state index contributed by atoms with van der Waals surface area (Å²) in [6.07, 6.45) is 2.15. The van der Waals surface area contributed by atoms with Gasteiger partial charge in [-0.15, -0.1) is 0 Å². The van der Waals surface area contributed by atoms with Crippen molar-refractivity contribution in [2.45, 2.75) is 13.8 Å². The van der Waals surface area contributed by atoms with Gasteiger partial charge in [-0.25, -0.2) is 0 Å². The van der Waals surface area contributed by atoms with Crippen molar-refractivity contribution in [1.29, 1.82) is 0 Å². The molecular formula is C48H34N2O. The number of rotatable bonds is 4. The third-order valence-electron chi connectivity index (χ3n) is 10.5. The highest BCUT2D eigenvalue weighted by Gasteiger charge is 2.16. The van der Waals surface area contributed by atoms with Gasteiger partial charge in [-0.05, 0) is 103 Å². The lowest BCUT2D eigenvalue weighted by Crippen LogP contribution is -2.22. The highest BCUT2D eigenvalue weighted by atomic mass is 16.3. The van der Waals surface area contributed by atoms with E-state index in [2.05, 4.69) is 181 Å². The maximum absolute atomic E-state index is 6.36. The molecule has 0 bridgehead atoms. The third-order valence-corrected chi connectivity index (χ3v) is 10.5. The summed E-state index contributed by atoms with van der Waals surface area (Å²) in [6, 6.07) is 59.1. The molecule has 0 atom stereocenters. The monoisotopic (exact) mass is 654 g/mol. The molecule has 0 N–H and O–H groups in total. The summed E-state index contributed by atoms with van der Waals surface area (Å²) in [4.78, 5) is 0. The Hall–Kier alpha value is -6.58. The standard InChI is InChI=1S/C48H34N2O/c1-3-37-40-17-9-12-20-47(40)51-48(37)31(2)32-21-25-36(26-22-32)50-44-19-11-8-16-39(44)42-30-34(24-28-46(42)50)33-23-27-45-41(29-33)38-15-7-10-18-43(38)49(45)35-13-5-4-6-14-35/h3-30H,1-2H3/b37-3-,48-31-. The number of nitrogens with zero attached hydrogens (tertiary/aromatic N) is 2. The second-order valence-electron chi connectivity index (χ2n) is 13.3. The Morgan fingerprint density at radius 1 is 0.471 bits per heavy atom. The molecule has 0 fully saturated rings. The fourth-order valence-electron chi connectivity index (χ4n) is 8.06. The lowest BCUT2D eigenvalue weighted by Gasteiger charge is -2.10. The van der Waals surface area contributed by atoms with E-state index in [1.165, 1.54) is 60.4 Å². The summed E-state index contributed by atoms with van der Waals surface area (Å²) < 4.78 is 11.1. The van der Waals surface area contributed by atoms with Crippen molar-refractivity contribution >= 4 is 66.2 Å². The second kappa shape index (κ2) is 11.5. The quantitative estimate of drug-likeness (QED) is 0.185. The van der Waals surface area contributed by atoms with Crippen LogP contribution in [0.4, 0.5) is 0 Å². The maximum atomic E-state index is 6.36. The van der Waals surface area contributed by atoms with Crippen LogP contribution >= 0.6 is 0 Å². The highest BCUT2D eigenvalue weighted by molar-refractivity contribution is 6.12. The van der Waals surface area contributed by atoms with Crippen LogP contribution in [0, 0.1) is 0 Å². The van der Waals surface area contributed by atoms with Gasteiger partial charge >= 0.3 is 0 Å². The van der Waals surface area contributed by atoms with Crippen LogP contribution in [0.5, 0.6) is 0 Å². The van der Waals surface area contributed by atoms with Gasteiger partial charge in [-0.1, -0.05) is 103 Å². The lowest BCUT2D eigenvalue weighted by atomic mass is 10.0. The average molecular weight is 655 g/mol. The van der Waals surface area contributed by atoms with Gasteiger partial charge in [0.05, 0.1) is 22.1 Å². The van der Waals surface area contributed by atoms with Gasteiger partial charge in [0.1, 0.15) is 11.0 Å². The smallest absolute Gasteiger partial charge is 0.138 e. The summed E-state index contributed by atoms with van der Waals surface area (Å²) in [5.41, 5.74) is 13.7. The van der Waals surface area contributed by atoms with Crippen LogP contribution in [0.1, 0.15) is 19.4 Å². The molecule has 0 saturated carbocycles. The molecule has 0 spiro atoms. The van der Waals surface area contributed by atoms with Crippen LogP contribution < -0.4 is 10.6 Å². The molecule has 0 saturated heterocycles. The number of hydrogen-bond donors (Lipinski definition) is 0. The zero-order chi connectivity index (χ0) is 34.1. The number of aromatic nitrogens is 2. The molecule has 3 nitrogen and oxygen atoms in total. The molecule has 0 unspecified atom stereocenters. The summed E-state index contributed by atoms with van der Waals surface area (Å²) in [6.45, 7) is 4.23. The van der Waals surface area contributed by atoms with Gasteiger partial charge in [0.15, 0.2) is 0 Å². The Kier molecular flexibility index (Phi) is 6.62. The van der Waals surface area contributed by atoms with Crippen LogP contribution in [-0.2, 0) is 0 Å². The van der Waals surface area contributed by atoms with Crippen LogP contribution in [0.25, 0.3) is 88.7 Å². The van der Waals surface area contributed by atoms with Gasteiger partial charge in [-0.3, -0.25) is 0 Å². The van der Waals surface area contributed by atoms with Crippen LogP contribution in [0.3, 0.4) is 0 Å². The Balaban J connectivity index is 1.10. The van der Waals surface area contributed by atoms with E-state index in [0.29, 0.717) is 0 Å². The molecule has 3 heteroatoms. The molecule has 0 aliphatic carbocycles. The maximum Gasteiger partial charge on any atom is 0.138 e. The Morgan fingerprint density at radius 2 is 0.961 bits per heavy atom. The summed E-state index contributed by atoms with van der Waals surface area (Å²) in [5.74, 6) is 0. The topological polar surface area (TPSA) is 23.0 Å². The number of fused-ring (bicyclic) bond motifs is 7. The van der Waals surface area contributed by atoms with Crippen LogP contribution in [-0.4, -0.2) is 9.13 Å². The SMILES string of the molecule is C/C=c1\c(=C(/C)c2ccc(-n3c4ccccc4c4cc(-c5ccc6c(c5)c5ccccc5n6-c5ccccc5)ccc43)cc2)oc2ccccc12. The molecule has 0 amide bonds. The first-order valence-electron chi connectivity index (χ1n) is 17.6. The molecule has 0 aliphatic rings. The van der Waals surface area contributed by atoms with Gasteiger partial charge in [0, 0.05) is 43.5 Å². The van der Waals surface area contributed by atoms with Crippen molar-refractivity contribution in [3.05, 3.63) is 180 Å². The number of furan rings is 1. The van der Waals surface area contributed by atoms with Crippen LogP contribution in [0.15, 0.2) is 168 Å². The van der Waals surface area contributed by atoms with Crippen molar-refractivity contribution < 1.29 is 4.42 Å². The second-order valence-corrected chi connectivity index (χ2v) is 13.3. The van der Waals surface area contributed by atoms with Crippen molar-refractivity contribution in [1.82, 2.24) is 9.13 Å². The highest BCUT2D eigenvalue weighted by Crippen LogP contribution is 2.38. The predicted molar refractivity (Wildman–Crippen MR) is 214 cm³/mol. The van der Waals surface area contributed by atoms with E-state index in [4.69, 9.17) is 4.42 Å². The average Bonchev–Trinajstić information content (AvgIpc) is 3.85. The van der Waals surface area contributed by atoms with E-state index in [0.717, 1.165) is 38.4 Å². The zero-order valence-electron chi connectivity index (χ0n) is 28.5. The molecule has 10 aromatic rings. The molecule has 3 aromatic heterocycles. The van der Waals surface area contributed by atoms with E-state index < -0.39 is 0 Å². The Morgan fingerprint density at radius 3 is 1.55 bits per heavy atom. The van der Waals surface area contributed by atoms with Gasteiger partial charge in [0.25, 0.3) is 0 Å². The number of para-hydroxylation sites is 4. The summed E-state index contributed by atoms with van der Waals surface area (Å²) in [5, 5.41) is 7.30. The number of benzene rings is 7. The lowest BCUT2D eigenvalue weighted by molar-refractivity contribution is 0.572. The fraction of sp³-hybridized carbons (Fsp3) is 0.0417. The first-order valence-corrected chi connectivity index (χ1v) is 17.6. The van der Waals surface area contributed by atoms with Crippen molar-refractivity contribution in [2.75, 3.05) is 0 Å². The molecule has 0 radical (unpaired) electrons. The molecule has 3 heterocycles. The van der Waals surface area contributed by atoms with E-state index in [1.54, 1.807) is 0 Å². The zero-order valence-corrected chi connectivity index (χ0v) is 28.5. The van der Waals surface area contributed by atoms with E-state index in [-0.39, 0.29) is 0 Å². The van der Waals surface area contributed by atoms with Gasteiger partial charge < -0.3 is 13.6 Å². The third kappa shape index (κ3) is 4.52. The number of hydrogen-bond acceptors (Lipinski definition) is 1. The minimum Gasteiger partial charge on any atom is -0.456 e. The van der Waals surface area contributed by atoms with E-state index in [1.807, 2.05) is 12.1 Å². The van der Waals surface area contributed by atoms with Crippen LogP contribution in [0.2, 0.25) is 0 Å². The first kappa shape index (κ1) is 29.3. The summed E-state index contributed by atoms with van der Waals surface area (Å²) >= 11 is 0. The molecule has 0 aliphatic heterocycles. The normalized spacial score (nSPS) is 12.9. The van der Waals surface area contributed by atoms with E-state index >= 15 is 0 Å². The van der Waals surface area contributed by atoms with Crippen molar-refractivity contribution in [2.24, 2.45) is 0 Å². The summed E-state index contributed by atoms with van der Waals surface area (Å²) in [7, 11) is 0.